The van der Waals surface area contributed by atoms with Gasteiger partial charge in [-0.2, -0.15) is 0 Å². The number of benzene rings is 3. The molecule has 1 fully saturated rings. The number of aliphatic carboxylic acids is 1. The normalized spacial score (nSPS) is 16.5. The molecule has 1 saturated heterocycles. The number of nitrogens with one attached hydrogen (secondary N) is 1. The van der Waals surface area contributed by atoms with E-state index >= 15 is 0 Å². The Kier molecular flexibility index (Phi) is 6.23. The van der Waals surface area contributed by atoms with Crippen molar-refractivity contribution < 1.29 is 24.2 Å². The van der Waals surface area contributed by atoms with Crippen LogP contribution in [0.4, 0.5) is 10.5 Å². The number of amides is 2. The topological polar surface area (TPSA) is 95.9 Å². The van der Waals surface area contributed by atoms with Crippen LogP contribution in [0.25, 0.3) is 11.1 Å². The number of carboxylic acid groups (broad SMARTS) is 1. The lowest BCUT2D eigenvalue weighted by molar-refractivity contribution is -0.141. The summed E-state index contributed by atoms with van der Waals surface area (Å²) >= 11 is 0. The summed E-state index contributed by atoms with van der Waals surface area (Å²) in [6, 6.07) is 23.4. The molecule has 1 atom stereocenters. The first-order valence-corrected chi connectivity index (χ1v) is 11.7. The van der Waals surface area contributed by atoms with Gasteiger partial charge in [-0.05, 0) is 46.4 Å². The van der Waals surface area contributed by atoms with E-state index in [4.69, 9.17) is 9.84 Å². The zero-order valence-corrected chi connectivity index (χ0v) is 19.1. The summed E-state index contributed by atoms with van der Waals surface area (Å²) in [5, 5.41) is 11.9. The molecule has 0 spiro atoms. The van der Waals surface area contributed by atoms with Crippen LogP contribution in [-0.2, 0) is 20.7 Å². The minimum Gasteiger partial charge on any atom is -0.481 e. The number of likely N-dealkylation sites (tertiary alicyclic amines) is 1. The number of carbonyl (C=O) groups excluding carboxylic acids is 2. The maximum atomic E-state index is 12.6. The molecular formula is C28H26N2O5. The third-order valence-electron chi connectivity index (χ3n) is 6.76. The molecule has 0 saturated carbocycles. The van der Waals surface area contributed by atoms with Crippen LogP contribution in [0, 0.1) is 5.92 Å². The zero-order chi connectivity index (χ0) is 24.4. The smallest absolute Gasteiger partial charge is 0.411 e. The van der Waals surface area contributed by atoms with Gasteiger partial charge in [-0.25, -0.2) is 4.79 Å². The fourth-order valence-corrected chi connectivity index (χ4v) is 4.99. The lowest BCUT2D eigenvalue weighted by Crippen LogP contribution is -2.31. The van der Waals surface area contributed by atoms with Gasteiger partial charge in [0.05, 0.1) is 12.3 Å². The average molecular weight is 471 g/mol. The molecule has 1 aliphatic carbocycles. The highest BCUT2D eigenvalue weighted by Gasteiger charge is 2.31. The van der Waals surface area contributed by atoms with Crippen molar-refractivity contribution in [1.82, 2.24) is 4.90 Å². The Morgan fingerprint density at radius 2 is 1.63 bits per heavy atom. The second kappa shape index (κ2) is 9.62. The summed E-state index contributed by atoms with van der Waals surface area (Å²) in [7, 11) is 0. The minimum atomic E-state index is -0.866. The molecule has 0 bridgehead atoms. The number of hydrogen-bond donors (Lipinski definition) is 2. The summed E-state index contributed by atoms with van der Waals surface area (Å²) in [5.74, 6) is -1.51. The van der Waals surface area contributed by atoms with Crippen molar-refractivity contribution in [3.8, 4) is 11.1 Å². The summed E-state index contributed by atoms with van der Waals surface area (Å²) in [6.45, 7) is 0.914. The van der Waals surface area contributed by atoms with Gasteiger partial charge in [-0.3, -0.25) is 14.9 Å². The number of carboxylic acids is 1. The molecule has 3 aromatic carbocycles. The van der Waals surface area contributed by atoms with Crippen LogP contribution in [0.1, 0.15) is 29.0 Å². The van der Waals surface area contributed by atoms with Gasteiger partial charge in [0.15, 0.2) is 0 Å². The van der Waals surface area contributed by atoms with Crippen LogP contribution in [0.5, 0.6) is 0 Å². The minimum absolute atomic E-state index is 0.0211. The van der Waals surface area contributed by atoms with E-state index in [1.807, 2.05) is 30.3 Å². The van der Waals surface area contributed by atoms with E-state index in [9.17, 15) is 14.4 Å². The lowest BCUT2D eigenvalue weighted by Gasteiger charge is -2.16. The van der Waals surface area contributed by atoms with Crippen LogP contribution >= 0.6 is 0 Å². The molecule has 7 heteroatoms. The molecule has 35 heavy (non-hydrogen) atoms. The van der Waals surface area contributed by atoms with E-state index in [1.54, 1.807) is 23.1 Å². The summed E-state index contributed by atoms with van der Waals surface area (Å²) in [6.07, 6.45) is 0.0657. The van der Waals surface area contributed by atoms with Crippen LogP contribution < -0.4 is 5.32 Å². The maximum Gasteiger partial charge on any atom is 0.411 e. The van der Waals surface area contributed by atoms with E-state index in [1.165, 1.54) is 11.1 Å². The van der Waals surface area contributed by atoms with E-state index in [0.717, 1.165) is 16.7 Å². The lowest BCUT2D eigenvalue weighted by atomic mass is 9.98. The second-order valence-electron chi connectivity index (χ2n) is 8.99. The fourth-order valence-electron chi connectivity index (χ4n) is 4.99. The molecule has 1 aliphatic heterocycles. The number of ether oxygens (including phenoxy) is 1. The van der Waals surface area contributed by atoms with Crippen molar-refractivity contribution in [2.45, 2.75) is 18.8 Å². The Morgan fingerprint density at radius 3 is 2.29 bits per heavy atom. The highest BCUT2D eigenvalue weighted by molar-refractivity contribution is 5.86. The van der Waals surface area contributed by atoms with Gasteiger partial charge in [0.2, 0.25) is 5.91 Å². The average Bonchev–Trinajstić information content (AvgIpc) is 3.47. The van der Waals surface area contributed by atoms with Crippen molar-refractivity contribution in [3.05, 3.63) is 89.5 Å². The highest BCUT2D eigenvalue weighted by atomic mass is 16.5. The molecule has 2 aliphatic rings. The Morgan fingerprint density at radius 1 is 0.943 bits per heavy atom. The van der Waals surface area contributed by atoms with Gasteiger partial charge >= 0.3 is 12.1 Å². The second-order valence-corrected chi connectivity index (χ2v) is 8.99. The van der Waals surface area contributed by atoms with Gasteiger partial charge in [0, 0.05) is 24.7 Å². The molecule has 5 rings (SSSR count). The third-order valence-corrected chi connectivity index (χ3v) is 6.76. The summed E-state index contributed by atoms with van der Waals surface area (Å²) < 4.78 is 5.60. The molecule has 0 radical (unpaired) electrons. The summed E-state index contributed by atoms with van der Waals surface area (Å²) in [5.41, 5.74) is 5.91. The Balaban J connectivity index is 1.19. The van der Waals surface area contributed by atoms with Crippen LogP contribution in [-0.4, -0.2) is 47.7 Å². The SMILES string of the molecule is O=C(Nc1cccc(CC(=O)N2CCC(C(=O)O)C2)c1)OCC1c2ccccc2-c2ccccc21. The van der Waals surface area contributed by atoms with Crippen molar-refractivity contribution >= 4 is 23.7 Å². The van der Waals surface area contributed by atoms with Crippen molar-refractivity contribution in [1.29, 1.82) is 0 Å². The monoisotopic (exact) mass is 470 g/mol. The van der Waals surface area contributed by atoms with Crippen molar-refractivity contribution in [3.63, 3.8) is 0 Å². The summed E-state index contributed by atoms with van der Waals surface area (Å²) in [4.78, 5) is 37.9. The molecular weight excluding hydrogens is 444 g/mol. The van der Waals surface area contributed by atoms with Crippen LogP contribution in [0.15, 0.2) is 72.8 Å². The molecule has 178 valence electrons. The van der Waals surface area contributed by atoms with Crippen LogP contribution in [0.3, 0.4) is 0 Å². The maximum absolute atomic E-state index is 12.6. The molecule has 0 aromatic heterocycles. The van der Waals surface area contributed by atoms with E-state index in [0.29, 0.717) is 18.7 Å². The van der Waals surface area contributed by atoms with E-state index in [-0.39, 0.29) is 31.4 Å². The number of carbonyl (C=O) groups is 3. The number of rotatable bonds is 6. The van der Waals surface area contributed by atoms with Crippen molar-refractivity contribution in [2.24, 2.45) is 5.92 Å². The zero-order valence-electron chi connectivity index (χ0n) is 19.1. The molecule has 1 unspecified atom stereocenters. The third kappa shape index (κ3) is 4.75. The predicted octanol–water partition coefficient (Wildman–Crippen LogP) is 4.52. The Bertz CT molecular complexity index is 1240. The molecule has 2 N–H and O–H groups in total. The van der Waals surface area contributed by atoms with Gasteiger partial charge in [-0.1, -0.05) is 60.7 Å². The first-order chi connectivity index (χ1) is 17.0. The van der Waals surface area contributed by atoms with Gasteiger partial charge in [0.25, 0.3) is 0 Å². The Hall–Kier alpha value is -4.13. The molecule has 2 amide bonds. The highest BCUT2D eigenvalue weighted by Crippen LogP contribution is 2.44. The first kappa shape index (κ1) is 22.7. The fraction of sp³-hybridized carbons (Fsp3) is 0.250. The van der Waals surface area contributed by atoms with Gasteiger partial charge < -0.3 is 14.7 Å². The van der Waals surface area contributed by atoms with Gasteiger partial charge in [-0.15, -0.1) is 0 Å². The molecule has 7 nitrogen and oxygen atoms in total. The predicted molar refractivity (Wildman–Crippen MR) is 131 cm³/mol. The van der Waals surface area contributed by atoms with Gasteiger partial charge in [0.1, 0.15) is 6.61 Å². The van der Waals surface area contributed by atoms with E-state index in [2.05, 4.69) is 29.6 Å². The molecule has 3 aromatic rings. The number of nitrogens with zero attached hydrogens (tertiary/aromatic N) is 1. The Labute approximate surface area is 203 Å². The van der Waals surface area contributed by atoms with Crippen molar-refractivity contribution in [2.75, 3.05) is 25.0 Å². The number of hydrogen-bond acceptors (Lipinski definition) is 4. The van der Waals surface area contributed by atoms with Crippen LogP contribution in [0.2, 0.25) is 0 Å². The largest absolute Gasteiger partial charge is 0.481 e. The standard InChI is InChI=1S/C28H26N2O5/c31-26(30-13-12-19(16-30)27(32)33)15-18-6-5-7-20(14-18)29-28(34)35-17-25-23-10-3-1-8-21(23)22-9-2-4-11-24(22)25/h1-11,14,19,25H,12-13,15-17H2,(H,29,34)(H,32,33). The number of fused-ring (bicyclic) bond motifs is 3. The quantitative estimate of drug-likeness (QED) is 0.552. The number of anilines is 1. The first-order valence-electron chi connectivity index (χ1n) is 11.7. The van der Waals surface area contributed by atoms with E-state index < -0.39 is 18.0 Å². The molecule has 1 heterocycles.